The number of likely N-dealkylation sites (tertiary alicyclic amines) is 1. The fourth-order valence-electron chi connectivity index (χ4n) is 3.32. The number of benzene rings is 2. The number of hydrogen-bond acceptors (Lipinski definition) is 4. The van der Waals surface area contributed by atoms with Gasteiger partial charge in [0.25, 0.3) is 0 Å². The van der Waals surface area contributed by atoms with Gasteiger partial charge in [0.15, 0.2) is 6.10 Å². The standard InChI is InChI=1S/C20H19BrN2O3/c21-17-7-5-15(6-8-17)19-9-18(22-26-19)14-3-1-13(2-4-14)10-23-11-16(12-23)20(24)25/h1-8,16,19H,9-12H2,(H,24,25). The van der Waals surface area contributed by atoms with Crippen molar-refractivity contribution in [1.82, 2.24) is 4.90 Å². The van der Waals surface area contributed by atoms with E-state index in [1.807, 2.05) is 24.3 Å². The molecule has 5 nitrogen and oxygen atoms in total. The average Bonchev–Trinajstić information content (AvgIpc) is 3.08. The van der Waals surface area contributed by atoms with Crippen LogP contribution < -0.4 is 0 Å². The van der Waals surface area contributed by atoms with Crippen molar-refractivity contribution in [2.75, 3.05) is 13.1 Å². The first-order chi connectivity index (χ1) is 12.6. The van der Waals surface area contributed by atoms with Gasteiger partial charge < -0.3 is 9.94 Å². The Kier molecular flexibility index (Phi) is 4.78. The molecule has 6 heteroatoms. The highest BCUT2D eigenvalue weighted by Crippen LogP contribution is 2.30. The maximum absolute atomic E-state index is 10.9. The van der Waals surface area contributed by atoms with Crippen molar-refractivity contribution in [3.63, 3.8) is 0 Å². The van der Waals surface area contributed by atoms with Crippen LogP contribution in [0.15, 0.2) is 58.2 Å². The second-order valence-corrected chi connectivity index (χ2v) is 7.73. The zero-order valence-corrected chi connectivity index (χ0v) is 15.7. The normalized spacial score (nSPS) is 20.3. The minimum absolute atomic E-state index is 0.0354. The molecule has 2 aromatic rings. The van der Waals surface area contributed by atoms with Gasteiger partial charge in [0, 0.05) is 30.5 Å². The summed E-state index contributed by atoms with van der Waals surface area (Å²) in [4.78, 5) is 18.6. The van der Waals surface area contributed by atoms with E-state index in [0.29, 0.717) is 13.1 Å². The summed E-state index contributed by atoms with van der Waals surface area (Å²) in [5.74, 6) is -0.911. The third-order valence-electron chi connectivity index (χ3n) is 4.91. The molecule has 1 unspecified atom stereocenters. The van der Waals surface area contributed by atoms with Crippen LogP contribution in [-0.2, 0) is 16.2 Å². The number of rotatable bonds is 5. The molecule has 0 radical (unpaired) electrons. The van der Waals surface area contributed by atoms with Crippen LogP contribution in [0.3, 0.4) is 0 Å². The molecule has 26 heavy (non-hydrogen) atoms. The van der Waals surface area contributed by atoms with Crippen LogP contribution in [0, 0.1) is 5.92 Å². The molecule has 2 aliphatic heterocycles. The minimum atomic E-state index is -0.698. The second-order valence-electron chi connectivity index (χ2n) is 6.81. The number of aliphatic carboxylic acids is 1. The summed E-state index contributed by atoms with van der Waals surface area (Å²) < 4.78 is 1.05. The van der Waals surface area contributed by atoms with Gasteiger partial charge in [-0.1, -0.05) is 57.5 Å². The van der Waals surface area contributed by atoms with E-state index < -0.39 is 5.97 Å². The van der Waals surface area contributed by atoms with Crippen molar-refractivity contribution in [1.29, 1.82) is 0 Å². The number of carbonyl (C=O) groups is 1. The van der Waals surface area contributed by atoms with Crippen molar-refractivity contribution in [2.45, 2.75) is 19.1 Å². The molecule has 1 N–H and O–H groups in total. The molecular formula is C20H19BrN2O3. The summed E-state index contributed by atoms with van der Waals surface area (Å²) >= 11 is 3.44. The summed E-state index contributed by atoms with van der Waals surface area (Å²) in [5, 5.41) is 13.2. The second kappa shape index (κ2) is 7.21. The predicted molar refractivity (Wildman–Crippen MR) is 102 cm³/mol. The SMILES string of the molecule is O=C(O)C1CN(Cc2ccc(C3=NOC(c4ccc(Br)cc4)C3)cc2)C1. The summed E-state index contributed by atoms with van der Waals surface area (Å²) in [6.45, 7) is 2.05. The molecule has 4 rings (SSSR count). The Balaban J connectivity index is 1.34. The van der Waals surface area contributed by atoms with Crippen LogP contribution in [0.1, 0.15) is 29.2 Å². The molecule has 0 aliphatic carbocycles. The Bertz CT molecular complexity index is 827. The van der Waals surface area contributed by atoms with Gasteiger partial charge in [-0.15, -0.1) is 0 Å². The van der Waals surface area contributed by atoms with Gasteiger partial charge in [0.2, 0.25) is 0 Å². The topological polar surface area (TPSA) is 62.1 Å². The minimum Gasteiger partial charge on any atom is -0.481 e. The Labute approximate surface area is 160 Å². The van der Waals surface area contributed by atoms with E-state index in [0.717, 1.165) is 34.3 Å². The Morgan fingerprint density at radius 3 is 2.50 bits per heavy atom. The molecule has 2 aromatic carbocycles. The third-order valence-corrected chi connectivity index (χ3v) is 5.44. The highest BCUT2D eigenvalue weighted by Gasteiger charge is 2.32. The van der Waals surface area contributed by atoms with Crippen LogP contribution in [0.4, 0.5) is 0 Å². The zero-order chi connectivity index (χ0) is 18.1. The number of carboxylic acid groups (broad SMARTS) is 1. The largest absolute Gasteiger partial charge is 0.481 e. The van der Waals surface area contributed by atoms with Gasteiger partial charge >= 0.3 is 5.97 Å². The monoisotopic (exact) mass is 414 g/mol. The van der Waals surface area contributed by atoms with Gasteiger partial charge in [-0.3, -0.25) is 9.69 Å². The molecule has 1 atom stereocenters. The van der Waals surface area contributed by atoms with E-state index in [4.69, 9.17) is 9.94 Å². The molecule has 0 aromatic heterocycles. The molecule has 1 saturated heterocycles. The van der Waals surface area contributed by atoms with Crippen LogP contribution in [0.5, 0.6) is 0 Å². The Morgan fingerprint density at radius 1 is 1.15 bits per heavy atom. The zero-order valence-electron chi connectivity index (χ0n) is 14.1. The van der Waals surface area contributed by atoms with E-state index in [-0.39, 0.29) is 12.0 Å². The summed E-state index contributed by atoms with van der Waals surface area (Å²) in [6.07, 6.45) is 0.722. The van der Waals surface area contributed by atoms with Crippen LogP contribution in [0.25, 0.3) is 0 Å². The van der Waals surface area contributed by atoms with Gasteiger partial charge in [-0.25, -0.2) is 0 Å². The smallest absolute Gasteiger partial charge is 0.309 e. The molecular weight excluding hydrogens is 396 g/mol. The van der Waals surface area contributed by atoms with Gasteiger partial charge in [-0.05, 0) is 28.8 Å². The molecule has 0 bridgehead atoms. The number of carboxylic acids is 1. The van der Waals surface area contributed by atoms with Gasteiger partial charge in [-0.2, -0.15) is 0 Å². The van der Waals surface area contributed by atoms with Gasteiger partial charge in [0.05, 0.1) is 11.6 Å². The number of oxime groups is 1. The van der Waals surface area contributed by atoms with E-state index in [2.05, 4.69) is 50.3 Å². The summed E-state index contributed by atoms with van der Waals surface area (Å²) in [5.41, 5.74) is 4.33. The number of halogens is 1. The molecule has 134 valence electrons. The van der Waals surface area contributed by atoms with Crippen molar-refractivity contribution < 1.29 is 14.7 Å². The first kappa shape index (κ1) is 17.2. The molecule has 0 saturated carbocycles. The molecule has 0 spiro atoms. The van der Waals surface area contributed by atoms with Crippen LogP contribution >= 0.6 is 15.9 Å². The highest BCUT2D eigenvalue weighted by atomic mass is 79.9. The molecule has 1 fully saturated rings. The predicted octanol–water partition coefficient (Wildman–Crippen LogP) is 3.83. The highest BCUT2D eigenvalue weighted by molar-refractivity contribution is 9.10. The molecule has 0 amide bonds. The fourth-order valence-corrected chi connectivity index (χ4v) is 3.58. The lowest BCUT2D eigenvalue weighted by Crippen LogP contribution is -2.49. The quantitative estimate of drug-likeness (QED) is 0.807. The van der Waals surface area contributed by atoms with Crippen molar-refractivity contribution in [3.05, 3.63) is 69.7 Å². The lowest BCUT2D eigenvalue weighted by molar-refractivity contribution is -0.147. The Morgan fingerprint density at radius 2 is 1.85 bits per heavy atom. The average molecular weight is 415 g/mol. The lowest BCUT2D eigenvalue weighted by Gasteiger charge is -2.36. The summed E-state index contributed by atoms with van der Waals surface area (Å²) in [7, 11) is 0. The molecule has 2 heterocycles. The van der Waals surface area contributed by atoms with Gasteiger partial charge in [0.1, 0.15) is 0 Å². The molecule has 2 aliphatic rings. The van der Waals surface area contributed by atoms with E-state index >= 15 is 0 Å². The maximum atomic E-state index is 10.9. The Hall–Kier alpha value is -2.18. The lowest BCUT2D eigenvalue weighted by atomic mass is 9.98. The van der Waals surface area contributed by atoms with Crippen molar-refractivity contribution in [3.8, 4) is 0 Å². The first-order valence-corrected chi connectivity index (χ1v) is 9.40. The third kappa shape index (κ3) is 3.66. The number of nitrogens with zero attached hydrogens (tertiary/aromatic N) is 2. The van der Waals surface area contributed by atoms with Crippen molar-refractivity contribution >= 4 is 27.6 Å². The number of hydrogen-bond donors (Lipinski definition) is 1. The fraction of sp³-hybridized carbons (Fsp3) is 0.300. The van der Waals surface area contributed by atoms with E-state index in [1.54, 1.807) is 0 Å². The van der Waals surface area contributed by atoms with E-state index in [1.165, 1.54) is 5.56 Å². The van der Waals surface area contributed by atoms with Crippen LogP contribution in [-0.4, -0.2) is 34.8 Å². The van der Waals surface area contributed by atoms with E-state index in [9.17, 15) is 4.79 Å². The van der Waals surface area contributed by atoms with Crippen LogP contribution in [0.2, 0.25) is 0 Å². The van der Waals surface area contributed by atoms with Crippen molar-refractivity contribution in [2.24, 2.45) is 11.1 Å². The summed E-state index contributed by atoms with van der Waals surface area (Å²) in [6, 6.07) is 16.4. The first-order valence-electron chi connectivity index (χ1n) is 8.61. The maximum Gasteiger partial charge on any atom is 0.309 e.